The third-order valence-electron chi connectivity index (χ3n) is 2.11. The third-order valence-corrected chi connectivity index (χ3v) is 2.11. The second kappa shape index (κ2) is 6.25. The molecule has 0 saturated carbocycles. The molecule has 0 saturated heterocycles. The highest BCUT2D eigenvalue weighted by molar-refractivity contribution is 5.20. The van der Waals surface area contributed by atoms with Crippen LogP contribution in [0, 0.1) is 0 Å². The van der Waals surface area contributed by atoms with Crippen molar-refractivity contribution in [2.45, 2.75) is 25.8 Å². The van der Waals surface area contributed by atoms with Gasteiger partial charge < -0.3 is 10.5 Å². The Morgan fingerprint density at radius 3 is 2.67 bits per heavy atom. The molecule has 82 valence electrons. The first-order chi connectivity index (χ1) is 7.18. The van der Waals surface area contributed by atoms with Crippen molar-refractivity contribution < 1.29 is 4.74 Å². The van der Waals surface area contributed by atoms with Crippen molar-refractivity contribution in [3.05, 3.63) is 42.5 Å². The minimum Gasteiger partial charge on any atom is -0.494 e. The summed E-state index contributed by atoms with van der Waals surface area (Å²) in [5.74, 6) is 0.903. The Kier molecular flexibility index (Phi) is 4.91. The Labute approximate surface area is 91.7 Å². The number of ether oxygens (including phenoxy) is 1. The van der Waals surface area contributed by atoms with E-state index in [2.05, 4.69) is 6.58 Å². The van der Waals surface area contributed by atoms with E-state index in [0.717, 1.165) is 24.2 Å². The van der Waals surface area contributed by atoms with Crippen LogP contribution < -0.4 is 10.5 Å². The fourth-order valence-electron chi connectivity index (χ4n) is 1.39. The van der Waals surface area contributed by atoms with Gasteiger partial charge in [0, 0.05) is 6.04 Å². The second-order valence-electron chi connectivity index (χ2n) is 3.87. The number of rotatable bonds is 6. The van der Waals surface area contributed by atoms with Gasteiger partial charge in [-0.2, -0.15) is 0 Å². The van der Waals surface area contributed by atoms with Crippen molar-refractivity contribution in [2.75, 3.05) is 6.61 Å². The molecular weight excluding hydrogens is 186 g/mol. The summed E-state index contributed by atoms with van der Waals surface area (Å²) in [5.41, 5.74) is 7.02. The van der Waals surface area contributed by atoms with Crippen LogP contribution in [0.5, 0.6) is 5.75 Å². The van der Waals surface area contributed by atoms with Crippen molar-refractivity contribution in [1.82, 2.24) is 0 Å². The summed E-state index contributed by atoms with van der Waals surface area (Å²) in [5, 5.41) is 0. The lowest BCUT2D eigenvalue weighted by molar-refractivity contribution is 0.297. The summed E-state index contributed by atoms with van der Waals surface area (Å²) in [7, 11) is 0. The molecule has 2 heteroatoms. The molecule has 0 amide bonds. The molecule has 1 rings (SSSR count). The molecule has 1 aromatic carbocycles. The molecule has 15 heavy (non-hydrogen) atoms. The molecule has 2 N–H and O–H groups in total. The quantitative estimate of drug-likeness (QED) is 0.725. The van der Waals surface area contributed by atoms with Gasteiger partial charge in [-0.25, -0.2) is 0 Å². The fourth-order valence-corrected chi connectivity index (χ4v) is 1.39. The first-order valence-corrected chi connectivity index (χ1v) is 5.26. The highest BCUT2D eigenvalue weighted by Crippen LogP contribution is 2.10. The molecule has 0 heterocycles. The molecule has 0 radical (unpaired) electrons. The number of hydrogen-bond donors (Lipinski definition) is 1. The van der Waals surface area contributed by atoms with Crippen LogP contribution in [0.1, 0.15) is 19.8 Å². The zero-order chi connectivity index (χ0) is 11.1. The summed E-state index contributed by atoms with van der Waals surface area (Å²) < 4.78 is 5.55. The van der Waals surface area contributed by atoms with E-state index >= 15 is 0 Å². The van der Waals surface area contributed by atoms with E-state index in [1.807, 2.05) is 37.3 Å². The maximum absolute atomic E-state index is 5.90. The molecule has 2 nitrogen and oxygen atoms in total. The molecule has 1 atom stereocenters. The van der Waals surface area contributed by atoms with Crippen LogP contribution in [0.25, 0.3) is 0 Å². The van der Waals surface area contributed by atoms with E-state index in [1.54, 1.807) is 0 Å². The summed E-state index contributed by atoms with van der Waals surface area (Å²) in [6.45, 7) is 6.50. The van der Waals surface area contributed by atoms with E-state index in [1.165, 1.54) is 0 Å². The van der Waals surface area contributed by atoms with Crippen molar-refractivity contribution in [1.29, 1.82) is 0 Å². The largest absolute Gasteiger partial charge is 0.494 e. The van der Waals surface area contributed by atoms with Crippen LogP contribution >= 0.6 is 0 Å². The van der Waals surface area contributed by atoms with Crippen LogP contribution in [0.4, 0.5) is 0 Å². The molecule has 0 aliphatic carbocycles. The number of hydrogen-bond acceptors (Lipinski definition) is 2. The maximum Gasteiger partial charge on any atom is 0.119 e. The average Bonchev–Trinajstić information content (AvgIpc) is 2.18. The molecular formula is C13H19NO. The summed E-state index contributed by atoms with van der Waals surface area (Å²) in [6, 6.07) is 9.95. The van der Waals surface area contributed by atoms with Gasteiger partial charge in [-0.1, -0.05) is 23.8 Å². The molecule has 0 bridgehead atoms. The first kappa shape index (κ1) is 11.8. The molecule has 1 unspecified atom stereocenters. The Bertz CT molecular complexity index is 295. The third kappa shape index (κ3) is 5.23. The van der Waals surface area contributed by atoms with E-state index < -0.39 is 0 Å². The van der Waals surface area contributed by atoms with Crippen molar-refractivity contribution in [2.24, 2.45) is 5.73 Å². The molecule has 0 aliphatic rings. The normalized spacial score (nSPS) is 12.1. The van der Waals surface area contributed by atoms with Gasteiger partial charge in [0.25, 0.3) is 0 Å². The lowest BCUT2D eigenvalue weighted by Crippen LogP contribution is -2.22. The Balaban J connectivity index is 2.19. The standard InChI is InChI=1S/C13H19NO/c1-11(2)10-12(14)8-9-15-13-6-4-3-5-7-13/h3-7,12H,1,8-10,14H2,2H3. The van der Waals surface area contributed by atoms with Gasteiger partial charge in [0.1, 0.15) is 5.75 Å². The van der Waals surface area contributed by atoms with Gasteiger partial charge in [-0.05, 0) is 31.9 Å². The minimum atomic E-state index is 0.159. The lowest BCUT2D eigenvalue weighted by atomic mass is 10.1. The summed E-state index contributed by atoms with van der Waals surface area (Å²) in [4.78, 5) is 0. The molecule has 0 aromatic heterocycles. The zero-order valence-electron chi connectivity index (χ0n) is 9.28. The second-order valence-corrected chi connectivity index (χ2v) is 3.87. The number of benzene rings is 1. The summed E-state index contributed by atoms with van der Waals surface area (Å²) >= 11 is 0. The average molecular weight is 205 g/mol. The minimum absolute atomic E-state index is 0.159. The number of para-hydroxylation sites is 1. The predicted molar refractivity (Wildman–Crippen MR) is 64.0 cm³/mol. The van der Waals surface area contributed by atoms with Crippen LogP contribution in [0.3, 0.4) is 0 Å². The van der Waals surface area contributed by atoms with Gasteiger partial charge >= 0.3 is 0 Å². The van der Waals surface area contributed by atoms with Gasteiger partial charge in [-0.3, -0.25) is 0 Å². The smallest absolute Gasteiger partial charge is 0.119 e. The molecule has 0 fully saturated rings. The first-order valence-electron chi connectivity index (χ1n) is 5.26. The fraction of sp³-hybridized carbons (Fsp3) is 0.385. The van der Waals surface area contributed by atoms with E-state index in [9.17, 15) is 0 Å². The SMILES string of the molecule is C=C(C)CC(N)CCOc1ccccc1. The number of nitrogens with two attached hydrogens (primary N) is 1. The lowest BCUT2D eigenvalue weighted by Gasteiger charge is -2.12. The van der Waals surface area contributed by atoms with Crippen LogP contribution in [0.2, 0.25) is 0 Å². The van der Waals surface area contributed by atoms with Gasteiger partial charge in [0.2, 0.25) is 0 Å². The van der Waals surface area contributed by atoms with Gasteiger partial charge in [-0.15, -0.1) is 6.58 Å². The maximum atomic E-state index is 5.90. The summed E-state index contributed by atoms with van der Waals surface area (Å²) in [6.07, 6.45) is 1.74. The van der Waals surface area contributed by atoms with Gasteiger partial charge in [0.05, 0.1) is 6.61 Å². The van der Waals surface area contributed by atoms with Crippen molar-refractivity contribution in [3.63, 3.8) is 0 Å². The van der Waals surface area contributed by atoms with Gasteiger partial charge in [0.15, 0.2) is 0 Å². The Hall–Kier alpha value is -1.28. The topological polar surface area (TPSA) is 35.2 Å². The molecule has 0 aliphatic heterocycles. The highest BCUT2D eigenvalue weighted by atomic mass is 16.5. The monoisotopic (exact) mass is 205 g/mol. The Morgan fingerprint density at radius 2 is 2.07 bits per heavy atom. The van der Waals surface area contributed by atoms with Crippen LogP contribution in [-0.2, 0) is 0 Å². The molecule has 1 aromatic rings. The Morgan fingerprint density at radius 1 is 1.40 bits per heavy atom. The van der Waals surface area contributed by atoms with Crippen LogP contribution in [-0.4, -0.2) is 12.6 Å². The van der Waals surface area contributed by atoms with E-state index in [4.69, 9.17) is 10.5 Å². The molecule has 0 spiro atoms. The zero-order valence-corrected chi connectivity index (χ0v) is 9.28. The van der Waals surface area contributed by atoms with E-state index in [0.29, 0.717) is 6.61 Å². The van der Waals surface area contributed by atoms with Crippen molar-refractivity contribution in [3.8, 4) is 5.75 Å². The predicted octanol–water partition coefficient (Wildman–Crippen LogP) is 2.75. The van der Waals surface area contributed by atoms with E-state index in [-0.39, 0.29) is 6.04 Å². The van der Waals surface area contributed by atoms with Crippen molar-refractivity contribution >= 4 is 0 Å². The van der Waals surface area contributed by atoms with Crippen LogP contribution in [0.15, 0.2) is 42.5 Å². The highest BCUT2D eigenvalue weighted by Gasteiger charge is 2.02.